The molecule has 0 aromatic heterocycles. The van der Waals surface area contributed by atoms with E-state index >= 15 is 0 Å². The summed E-state index contributed by atoms with van der Waals surface area (Å²) in [5, 5.41) is 2.75. The molecule has 0 atom stereocenters. The Hall–Kier alpha value is -2.41. The molecule has 1 aliphatic carbocycles. The van der Waals surface area contributed by atoms with E-state index in [2.05, 4.69) is 5.32 Å². The van der Waals surface area contributed by atoms with Crippen LogP contribution in [0.5, 0.6) is 0 Å². The average Bonchev–Trinajstić information content (AvgIpc) is 3.35. The summed E-state index contributed by atoms with van der Waals surface area (Å²) in [5.74, 6) is -0.563. The molecule has 0 bridgehead atoms. The SMILES string of the molecule is CS(=O)(=O)N(c1ccc(NC(=O)Cc2ccc(F)cc2)cc1)C1CC1. The summed E-state index contributed by atoms with van der Waals surface area (Å²) < 4.78 is 38.2. The van der Waals surface area contributed by atoms with Crippen molar-refractivity contribution in [3.8, 4) is 0 Å². The molecule has 0 heterocycles. The Labute approximate surface area is 146 Å². The van der Waals surface area contributed by atoms with Crippen molar-refractivity contribution in [2.24, 2.45) is 0 Å². The number of nitrogens with zero attached hydrogens (tertiary/aromatic N) is 1. The van der Waals surface area contributed by atoms with Crippen molar-refractivity contribution in [3.63, 3.8) is 0 Å². The molecule has 0 aliphatic heterocycles. The highest BCUT2D eigenvalue weighted by Gasteiger charge is 2.35. The van der Waals surface area contributed by atoms with Crippen LogP contribution < -0.4 is 9.62 Å². The normalized spacial score (nSPS) is 14.2. The fourth-order valence-corrected chi connectivity index (χ4v) is 3.92. The van der Waals surface area contributed by atoms with E-state index < -0.39 is 10.0 Å². The number of amides is 1. The predicted molar refractivity (Wildman–Crippen MR) is 95.5 cm³/mol. The average molecular weight is 362 g/mol. The lowest BCUT2D eigenvalue weighted by Crippen LogP contribution is -2.31. The maximum Gasteiger partial charge on any atom is 0.232 e. The van der Waals surface area contributed by atoms with Crippen LogP contribution in [0.3, 0.4) is 0 Å². The van der Waals surface area contributed by atoms with E-state index in [-0.39, 0.29) is 24.2 Å². The van der Waals surface area contributed by atoms with Crippen molar-refractivity contribution in [2.45, 2.75) is 25.3 Å². The minimum absolute atomic E-state index is 0.0360. The minimum Gasteiger partial charge on any atom is -0.326 e. The molecule has 2 aromatic carbocycles. The Balaban J connectivity index is 1.66. The molecule has 132 valence electrons. The van der Waals surface area contributed by atoms with E-state index in [1.165, 1.54) is 22.7 Å². The topological polar surface area (TPSA) is 66.5 Å². The Kier molecular flexibility index (Phi) is 4.76. The third kappa shape index (κ3) is 4.57. The molecule has 7 heteroatoms. The molecule has 2 aromatic rings. The first-order chi connectivity index (χ1) is 11.8. The third-order valence-corrected chi connectivity index (χ3v) is 5.14. The number of anilines is 2. The van der Waals surface area contributed by atoms with E-state index in [1.807, 2.05) is 0 Å². The van der Waals surface area contributed by atoms with Gasteiger partial charge in [0.2, 0.25) is 15.9 Å². The number of hydrogen-bond acceptors (Lipinski definition) is 3. The number of sulfonamides is 1. The number of nitrogens with one attached hydrogen (secondary N) is 1. The molecule has 0 spiro atoms. The number of halogens is 1. The van der Waals surface area contributed by atoms with Crippen LogP contribution in [0.25, 0.3) is 0 Å². The van der Waals surface area contributed by atoms with Gasteiger partial charge in [0.25, 0.3) is 0 Å². The highest BCUT2D eigenvalue weighted by Crippen LogP contribution is 2.34. The van der Waals surface area contributed by atoms with E-state index in [0.29, 0.717) is 16.9 Å². The van der Waals surface area contributed by atoms with Gasteiger partial charge < -0.3 is 5.32 Å². The number of rotatable bonds is 6. The van der Waals surface area contributed by atoms with Gasteiger partial charge >= 0.3 is 0 Å². The van der Waals surface area contributed by atoms with Gasteiger partial charge in [-0.25, -0.2) is 12.8 Å². The molecule has 1 amide bonds. The Morgan fingerprint density at radius 1 is 1.12 bits per heavy atom. The lowest BCUT2D eigenvalue weighted by molar-refractivity contribution is -0.115. The predicted octanol–water partition coefficient (Wildman–Crippen LogP) is 2.94. The summed E-state index contributed by atoms with van der Waals surface area (Å²) in [6, 6.07) is 12.5. The summed E-state index contributed by atoms with van der Waals surface area (Å²) in [6.45, 7) is 0. The maximum absolute atomic E-state index is 12.9. The Bertz CT molecular complexity index is 860. The van der Waals surface area contributed by atoms with Crippen molar-refractivity contribution in [1.29, 1.82) is 0 Å². The zero-order valence-electron chi connectivity index (χ0n) is 13.8. The molecule has 5 nitrogen and oxygen atoms in total. The van der Waals surface area contributed by atoms with Gasteiger partial charge in [-0.1, -0.05) is 12.1 Å². The lowest BCUT2D eigenvalue weighted by Gasteiger charge is -2.22. The smallest absolute Gasteiger partial charge is 0.232 e. The summed E-state index contributed by atoms with van der Waals surface area (Å²) in [7, 11) is -3.32. The molecule has 1 aliphatic rings. The van der Waals surface area contributed by atoms with Crippen LogP contribution in [0.4, 0.5) is 15.8 Å². The lowest BCUT2D eigenvalue weighted by atomic mass is 10.1. The molecule has 1 fully saturated rings. The Morgan fingerprint density at radius 2 is 1.72 bits per heavy atom. The number of carbonyl (C=O) groups is 1. The van der Waals surface area contributed by atoms with Gasteiger partial charge in [-0.2, -0.15) is 0 Å². The first-order valence-electron chi connectivity index (χ1n) is 7.97. The number of hydrogen-bond donors (Lipinski definition) is 1. The van der Waals surface area contributed by atoms with E-state index in [4.69, 9.17) is 0 Å². The van der Waals surface area contributed by atoms with Gasteiger partial charge in [0.1, 0.15) is 5.82 Å². The van der Waals surface area contributed by atoms with Crippen molar-refractivity contribution < 1.29 is 17.6 Å². The van der Waals surface area contributed by atoms with E-state index in [0.717, 1.165) is 12.8 Å². The van der Waals surface area contributed by atoms with Crippen LogP contribution in [0.2, 0.25) is 0 Å². The molecule has 1 saturated carbocycles. The Morgan fingerprint density at radius 3 is 2.24 bits per heavy atom. The molecular weight excluding hydrogens is 343 g/mol. The molecule has 3 rings (SSSR count). The summed E-state index contributed by atoms with van der Waals surface area (Å²) in [6.07, 6.45) is 3.07. The van der Waals surface area contributed by atoms with Gasteiger partial charge in [0, 0.05) is 11.7 Å². The number of benzene rings is 2. The highest BCUT2D eigenvalue weighted by atomic mass is 32.2. The van der Waals surface area contributed by atoms with Crippen LogP contribution in [-0.4, -0.2) is 26.6 Å². The summed E-state index contributed by atoms with van der Waals surface area (Å²) in [5.41, 5.74) is 1.90. The van der Waals surface area contributed by atoms with Crippen LogP contribution in [0, 0.1) is 5.82 Å². The summed E-state index contributed by atoms with van der Waals surface area (Å²) in [4.78, 5) is 12.1. The van der Waals surface area contributed by atoms with Crippen molar-refractivity contribution in [3.05, 3.63) is 59.9 Å². The van der Waals surface area contributed by atoms with E-state index in [1.54, 1.807) is 36.4 Å². The van der Waals surface area contributed by atoms with Gasteiger partial charge in [0.15, 0.2) is 0 Å². The quantitative estimate of drug-likeness (QED) is 0.859. The maximum atomic E-state index is 12.9. The fourth-order valence-electron chi connectivity index (χ4n) is 2.67. The van der Waals surface area contributed by atoms with Crippen LogP contribution in [0.1, 0.15) is 18.4 Å². The second-order valence-corrected chi connectivity index (χ2v) is 8.05. The highest BCUT2D eigenvalue weighted by molar-refractivity contribution is 7.92. The molecule has 0 saturated heterocycles. The largest absolute Gasteiger partial charge is 0.326 e. The summed E-state index contributed by atoms with van der Waals surface area (Å²) >= 11 is 0. The standard InChI is InChI=1S/C18H19FN2O3S/c1-25(23,24)21(17-10-11-17)16-8-6-15(7-9-16)20-18(22)12-13-2-4-14(19)5-3-13/h2-9,17H,10-12H2,1H3,(H,20,22). The molecular formula is C18H19FN2O3S. The minimum atomic E-state index is -3.32. The van der Waals surface area contributed by atoms with Crippen LogP contribution in [0.15, 0.2) is 48.5 Å². The van der Waals surface area contributed by atoms with Gasteiger partial charge in [-0.15, -0.1) is 0 Å². The molecule has 1 N–H and O–H groups in total. The first-order valence-corrected chi connectivity index (χ1v) is 9.81. The van der Waals surface area contributed by atoms with E-state index in [9.17, 15) is 17.6 Å². The zero-order valence-corrected chi connectivity index (χ0v) is 14.6. The van der Waals surface area contributed by atoms with Gasteiger partial charge in [0.05, 0.1) is 18.4 Å². The van der Waals surface area contributed by atoms with Gasteiger partial charge in [-0.05, 0) is 54.8 Å². The monoisotopic (exact) mass is 362 g/mol. The number of carbonyl (C=O) groups excluding carboxylic acids is 1. The third-order valence-electron chi connectivity index (χ3n) is 3.92. The fraction of sp³-hybridized carbons (Fsp3) is 0.278. The molecule has 0 radical (unpaired) electrons. The van der Waals surface area contributed by atoms with Crippen molar-refractivity contribution in [2.75, 3.05) is 15.9 Å². The molecule has 0 unspecified atom stereocenters. The second kappa shape index (κ2) is 6.84. The van der Waals surface area contributed by atoms with Gasteiger partial charge in [-0.3, -0.25) is 9.10 Å². The zero-order chi connectivity index (χ0) is 18.0. The van der Waals surface area contributed by atoms with Crippen LogP contribution in [-0.2, 0) is 21.2 Å². The van der Waals surface area contributed by atoms with Crippen molar-refractivity contribution in [1.82, 2.24) is 0 Å². The first kappa shape index (κ1) is 17.4. The van der Waals surface area contributed by atoms with Crippen LogP contribution >= 0.6 is 0 Å². The second-order valence-electron chi connectivity index (χ2n) is 6.19. The van der Waals surface area contributed by atoms with Crippen molar-refractivity contribution >= 4 is 27.3 Å². The molecule has 25 heavy (non-hydrogen) atoms.